The molecule has 30 heavy (non-hydrogen) atoms. The van der Waals surface area contributed by atoms with Gasteiger partial charge >= 0.3 is 6.03 Å². The number of aryl methyl sites for hydroxylation is 1. The van der Waals surface area contributed by atoms with Gasteiger partial charge in [-0.2, -0.15) is 5.10 Å². The number of hydrogen-bond donors (Lipinski definition) is 3. The zero-order valence-corrected chi connectivity index (χ0v) is 17.9. The standard InChI is InChI=1S/C22H22BrN5O2/c23-15-9-11-16(12-10-15)25-22(30)24-14-13-20(29)26-21-18-7-4-8-19(18)27-28(21)17-5-2-1-3-6-17/h1-3,5-6,9-12H,4,7-8,13-14H2,(H,26,29)(H2,24,25,30). The zero-order chi connectivity index (χ0) is 20.9. The number of urea groups is 1. The van der Waals surface area contributed by atoms with E-state index in [1.807, 2.05) is 42.5 Å². The van der Waals surface area contributed by atoms with E-state index in [9.17, 15) is 9.59 Å². The van der Waals surface area contributed by atoms with Crippen LogP contribution in [0.2, 0.25) is 0 Å². The Morgan fingerprint density at radius 2 is 1.77 bits per heavy atom. The summed E-state index contributed by atoms with van der Waals surface area (Å²) in [6.07, 6.45) is 3.05. The molecule has 3 N–H and O–H groups in total. The minimum Gasteiger partial charge on any atom is -0.337 e. The number of nitrogens with zero attached hydrogens (tertiary/aromatic N) is 2. The van der Waals surface area contributed by atoms with E-state index in [-0.39, 0.29) is 24.9 Å². The second kappa shape index (κ2) is 9.13. The molecule has 4 rings (SSSR count). The van der Waals surface area contributed by atoms with Crippen LogP contribution in [0.1, 0.15) is 24.1 Å². The van der Waals surface area contributed by atoms with Crippen LogP contribution in [0, 0.1) is 0 Å². The molecule has 3 amide bonds. The summed E-state index contributed by atoms with van der Waals surface area (Å²) in [4.78, 5) is 24.6. The van der Waals surface area contributed by atoms with Gasteiger partial charge in [-0.25, -0.2) is 9.48 Å². The molecule has 1 aliphatic rings. The number of benzene rings is 2. The Balaban J connectivity index is 1.34. The molecular formula is C22H22BrN5O2. The molecule has 0 saturated carbocycles. The van der Waals surface area contributed by atoms with Crippen LogP contribution in [0.25, 0.3) is 5.69 Å². The minimum atomic E-state index is -0.347. The fourth-order valence-electron chi connectivity index (χ4n) is 3.47. The molecule has 0 aliphatic heterocycles. The lowest BCUT2D eigenvalue weighted by Crippen LogP contribution is -2.31. The number of aromatic nitrogens is 2. The topological polar surface area (TPSA) is 88.1 Å². The van der Waals surface area contributed by atoms with Gasteiger partial charge in [0.2, 0.25) is 5.91 Å². The van der Waals surface area contributed by atoms with E-state index in [2.05, 4.69) is 31.9 Å². The average molecular weight is 468 g/mol. The number of amides is 3. The van der Waals surface area contributed by atoms with E-state index in [0.717, 1.165) is 46.5 Å². The summed E-state index contributed by atoms with van der Waals surface area (Å²) in [5.41, 5.74) is 3.74. The number of halogens is 1. The maximum Gasteiger partial charge on any atom is 0.319 e. The quantitative estimate of drug-likeness (QED) is 0.505. The van der Waals surface area contributed by atoms with Gasteiger partial charge in [-0.3, -0.25) is 4.79 Å². The second-order valence-corrected chi connectivity index (χ2v) is 7.98. The Labute approximate surface area is 183 Å². The summed E-state index contributed by atoms with van der Waals surface area (Å²) in [5, 5.41) is 13.1. The molecule has 0 fully saturated rings. The molecule has 0 radical (unpaired) electrons. The maximum atomic E-state index is 12.5. The van der Waals surface area contributed by atoms with Crippen molar-refractivity contribution < 1.29 is 9.59 Å². The van der Waals surface area contributed by atoms with Crippen LogP contribution < -0.4 is 16.0 Å². The van der Waals surface area contributed by atoms with Crippen molar-refractivity contribution in [1.29, 1.82) is 0 Å². The minimum absolute atomic E-state index is 0.161. The molecular weight excluding hydrogens is 446 g/mol. The summed E-state index contributed by atoms with van der Waals surface area (Å²) in [7, 11) is 0. The maximum absolute atomic E-state index is 12.5. The van der Waals surface area contributed by atoms with Crippen LogP contribution in [-0.2, 0) is 17.6 Å². The third-order valence-electron chi connectivity index (χ3n) is 4.91. The zero-order valence-electron chi connectivity index (χ0n) is 16.3. The molecule has 1 aromatic heterocycles. The molecule has 0 atom stereocenters. The monoisotopic (exact) mass is 467 g/mol. The first-order valence-corrected chi connectivity index (χ1v) is 10.7. The van der Waals surface area contributed by atoms with Crippen LogP contribution in [0.4, 0.5) is 16.3 Å². The van der Waals surface area contributed by atoms with Crippen molar-refractivity contribution in [2.45, 2.75) is 25.7 Å². The van der Waals surface area contributed by atoms with Gasteiger partial charge in [0.25, 0.3) is 0 Å². The molecule has 0 unspecified atom stereocenters. The molecule has 154 valence electrons. The number of nitrogens with one attached hydrogen (secondary N) is 3. The number of hydrogen-bond acceptors (Lipinski definition) is 3. The lowest BCUT2D eigenvalue weighted by atomic mass is 10.2. The van der Waals surface area contributed by atoms with Gasteiger partial charge in [0.1, 0.15) is 5.82 Å². The van der Waals surface area contributed by atoms with Gasteiger partial charge in [0.05, 0.1) is 11.4 Å². The summed E-state index contributed by atoms with van der Waals surface area (Å²) < 4.78 is 2.74. The number of anilines is 2. The summed E-state index contributed by atoms with van der Waals surface area (Å²) in [6, 6.07) is 16.7. The first kappa shape index (κ1) is 20.2. The number of carbonyl (C=O) groups is 2. The molecule has 0 bridgehead atoms. The Morgan fingerprint density at radius 1 is 1.00 bits per heavy atom. The van der Waals surface area contributed by atoms with Crippen LogP contribution in [0.15, 0.2) is 59.1 Å². The van der Waals surface area contributed by atoms with E-state index >= 15 is 0 Å². The highest BCUT2D eigenvalue weighted by Gasteiger charge is 2.24. The highest BCUT2D eigenvalue weighted by Crippen LogP contribution is 2.30. The van der Waals surface area contributed by atoms with Crippen molar-refractivity contribution in [3.63, 3.8) is 0 Å². The summed E-state index contributed by atoms with van der Waals surface area (Å²) in [5.74, 6) is 0.573. The first-order valence-electron chi connectivity index (χ1n) is 9.86. The van der Waals surface area contributed by atoms with Crippen molar-refractivity contribution in [3.8, 4) is 5.69 Å². The van der Waals surface area contributed by atoms with Crippen molar-refractivity contribution in [2.24, 2.45) is 0 Å². The van der Waals surface area contributed by atoms with Gasteiger partial charge in [-0.1, -0.05) is 34.1 Å². The van der Waals surface area contributed by atoms with Gasteiger partial charge in [0, 0.05) is 28.7 Å². The number of rotatable bonds is 6. The molecule has 0 saturated heterocycles. The highest BCUT2D eigenvalue weighted by molar-refractivity contribution is 9.10. The smallest absolute Gasteiger partial charge is 0.319 e. The SMILES string of the molecule is O=C(CCNC(=O)Nc1ccc(Br)cc1)Nc1c2c(nn1-c1ccccc1)CCC2. The van der Waals surface area contributed by atoms with Crippen LogP contribution in [0.5, 0.6) is 0 Å². The predicted molar refractivity (Wildman–Crippen MR) is 120 cm³/mol. The van der Waals surface area contributed by atoms with E-state index in [4.69, 9.17) is 5.10 Å². The van der Waals surface area contributed by atoms with Crippen molar-refractivity contribution in [2.75, 3.05) is 17.2 Å². The van der Waals surface area contributed by atoms with E-state index < -0.39 is 0 Å². The average Bonchev–Trinajstić information content (AvgIpc) is 3.33. The van der Waals surface area contributed by atoms with Crippen LogP contribution in [0.3, 0.4) is 0 Å². The van der Waals surface area contributed by atoms with Crippen molar-refractivity contribution in [3.05, 3.63) is 70.3 Å². The Morgan fingerprint density at radius 3 is 2.53 bits per heavy atom. The number of carbonyl (C=O) groups excluding carboxylic acids is 2. The van der Waals surface area contributed by atoms with Gasteiger partial charge in [-0.15, -0.1) is 0 Å². The second-order valence-electron chi connectivity index (χ2n) is 7.06. The first-order chi connectivity index (χ1) is 14.6. The Bertz CT molecular complexity index is 1050. The van der Waals surface area contributed by atoms with Crippen LogP contribution in [-0.4, -0.2) is 28.3 Å². The summed E-state index contributed by atoms with van der Waals surface area (Å²) in [6.45, 7) is 0.232. The van der Waals surface area contributed by atoms with Gasteiger partial charge in [0.15, 0.2) is 0 Å². The normalized spacial score (nSPS) is 12.3. The van der Waals surface area contributed by atoms with Crippen molar-refractivity contribution in [1.82, 2.24) is 15.1 Å². The molecule has 8 heteroatoms. The largest absolute Gasteiger partial charge is 0.337 e. The lowest BCUT2D eigenvalue weighted by molar-refractivity contribution is -0.116. The molecule has 0 spiro atoms. The van der Waals surface area contributed by atoms with Gasteiger partial charge in [-0.05, 0) is 55.7 Å². The fraction of sp³-hybridized carbons (Fsp3) is 0.227. The lowest BCUT2D eigenvalue weighted by Gasteiger charge is -2.12. The van der Waals surface area contributed by atoms with E-state index in [1.54, 1.807) is 16.8 Å². The summed E-state index contributed by atoms with van der Waals surface area (Å²) >= 11 is 3.35. The molecule has 7 nitrogen and oxygen atoms in total. The number of fused-ring (bicyclic) bond motifs is 1. The molecule has 1 aliphatic carbocycles. The molecule has 2 aromatic carbocycles. The predicted octanol–water partition coefficient (Wildman–Crippen LogP) is 4.27. The molecule has 1 heterocycles. The van der Waals surface area contributed by atoms with Gasteiger partial charge < -0.3 is 16.0 Å². The number of para-hydroxylation sites is 1. The Kier molecular flexibility index (Phi) is 6.13. The molecule has 3 aromatic rings. The van der Waals surface area contributed by atoms with E-state index in [0.29, 0.717) is 5.69 Å². The Hall–Kier alpha value is -3.13. The third-order valence-corrected chi connectivity index (χ3v) is 5.43. The van der Waals surface area contributed by atoms with Crippen LogP contribution >= 0.6 is 15.9 Å². The fourth-order valence-corrected chi connectivity index (χ4v) is 3.73. The van der Waals surface area contributed by atoms with E-state index in [1.165, 1.54) is 0 Å². The van der Waals surface area contributed by atoms with Crippen molar-refractivity contribution >= 4 is 39.4 Å². The highest BCUT2D eigenvalue weighted by atomic mass is 79.9. The third kappa shape index (κ3) is 4.71.